The number of hydrogen-bond donors (Lipinski definition) is 1. The first-order valence-electron chi connectivity index (χ1n) is 10.9. The Morgan fingerprint density at radius 1 is 1.03 bits per heavy atom. The van der Waals surface area contributed by atoms with E-state index in [1.165, 1.54) is 22.6 Å². The van der Waals surface area contributed by atoms with Gasteiger partial charge in [0.25, 0.3) is 0 Å². The van der Waals surface area contributed by atoms with Crippen LogP contribution in [0.4, 0.5) is 18.0 Å². The van der Waals surface area contributed by atoms with Crippen molar-refractivity contribution in [1.82, 2.24) is 9.80 Å². The number of carbonyl (C=O) groups is 1. The lowest BCUT2D eigenvalue weighted by Gasteiger charge is -2.47. The zero-order valence-electron chi connectivity index (χ0n) is 18.8. The van der Waals surface area contributed by atoms with Crippen LogP contribution < -0.4 is 0 Å². The molecule has 7 heteroatoms. The lowest BCUT2D eigenvalue weighted by atomic mass is 9.71. The first-order chi connectivity index (χ1) is 14.9. The molecule has 174 valence electrons. The van der Waals surface area contributed by atoms with Crippen LogP contribution in [-0.4, -0.2) is 46.2 Å². The quantitative estimate of drug-likeness (QED) is 0.609. The van der Waals surface area contributed by atoms with Crippen molar-refractivity contribution in [2.24, 2.45) is 0 Å². The van der Waals surface area contributed by atoms with E-state index in [2.05, 4.69) is 17.0 Å². The third-order valence-electron chi connectivity index (χ3n) is 6.37. The van der Waals surface area contributed by atoms with Crippen molar-refractivity contribution in [3.63, 3.8) is 0 Å². The predicted molar refractivity (Wildman–Crippen MR) is 119 cm³/mol. The van der Waals surface area contributed by atoms with E-state index in [9.17, 15) is 23.1 Å². The highest BCUT2D eigenvalue weighted by Crippen LogP contribution is 2.40. The monoisotopic (exact) mass is 448 g/mol. The number of carboxylic acid groups (broad SMARTS) is 1. The van der Waals surface area contributed by atoms with Crippen LogP contribution in [0, 0.1) is 0 Å². The van der Waals surface area contributed by atoms with Gasteiger partial charge in [0.2, 0.25) is 0 Å². The summed E-state index contributed by atoms with van der Waals surface area (Å²) in [6.07, 6.45) is -4.33. The van der Waals surface area contributed by atoms with Crippen molar-refractivity contribution in [2.75, 3.05) is 19.6 Å². The molecule has 1 fully saturated rings. The molecule has 4 nitrogen and oxygen atoms in total. The maximum absolute atomic E-state index is 13.4. The summed E-state index contributed by atoms with van der Waals surface area (Å²) in [7, 11) is 0. The fourth-order valence-electron chi connectivity index (χ4n) is 4.44. The minimum Gasteiger partial charge on any atom is -0.465 e. The molecule has 1 aliphatic rings. The summed E-state index contributed by atoms with van der Waals surface area (Å²) in [5.74, 6) is 0. The lowest BCUT2D eigenvalue weighted by Crippen LogP contribution is -2.55. The summed E-state index contributed by atoms with van der Waals surface area (Å²) in [6.45, 7) is 7.72. The van der Waals surface area contributed by atoms with Crippen molar-refractivity contribution in [3.8, 4) is 0 Å². The summed E-state index contributed by atoms with van der Waals surface area (Å²) < 4.78 is 40.3. The van der Waals surface area contributed by atoms with Crippen LogP contribution in [0.3, 0.4) is 0 Å². The molecule has 2 aromatic carbocycles. The van der Waals surface area contributed by atoms with Gasteiger partial charge in [-0.15, -0.1) is 0 Å². The van der Waals surface area contributed by atoms with Crippen molar-refractivity contribution < 1.29 is 23.1 Å². The highest BCUT2D eigenvalue weighted by Gasteiger charge is 2.42. The molecule has 0 aliphatic carbocycles. The highest BCUT2D eigenvalue weighted by atomic mass is 19.4. The third-order valence-corrected chi connectivity index (χ3v) is 6.37. The molecule has 0 radical (unpaired) electrons. The van der Waals surface area contributed by atoms with Crippen LogP contribution in [0.1, 0.15) is 50.3 Å². The third kappa shape index (κ3) is 5.63. The summed E-state index contributed by atoms with van der Waals surface area (Å²) >= 11 is 0. The average molecular weight is 449 g/mol. The number of hydrogen-bond acceptors (Lipinski definition) is 2. The van der Waals surface area contributed by atoms with Crippen molar-refractivity contribution in [3.05, 3.63) is 71.3 Å². The number of halogens is 3. The van der Waals surface area contributed by atoms with Gasteiger partial charge in [-0.25, -0.2) is 4.79 Å². The molecule has 32 heavy (non-hydrogen) atoms. The molecule has 1 saturated heterocycles. The van der Waals surface area contributed by atoms with Gasteiger partial charge >= 0.3 is 12.3 Å². The lowest BCUT2D eigenvalue weighted by molar-refractivity contribution is -0.137. The molecule has 0 aromatic heterocycles. The van der Waals surface area contributed by atoms with Crippen LogP contribution in [0.15, 0.2) is 54.6 Å². The Kier molecular flexibility index (Phi) is 6.89. The fraction of sp³-hybridized carbons (Fsp3) is 0.480. The van der Waals surface area contributed by atoms with Gasteiger partial charge in [-0.2, -0.15) is 13.2 Å². The van der Waals surface area contributed by atoms with E-state index in [1.54, 1.807) is 6.07 Å². The average Bonchev–Trinajstić information content (AvgIpc) is 2.72. The Morgan fingerprint density at radius 3 is 2.19 bits per heavy atom. The molecule has 0 unspecified atom stereocenters. The molecule has 1 aliphatic heterocycles. The topological polar surface area (TPSA) is 43.8 Å². The zero-order chi connectivity index (χ0) is 23.6. The van der Waals surface area contributed by atoms with Crippen LogP contribution in [0.2, 0.25) is 0 Å². The highest BCUT2D eigenvalue weighted by molar-refractivity contribution is 5.66. The normalized spacial score (nSPS) is 17.2. The number of nitrogens with zero attached hydrogens (tertiary/aromatic N) is 2. The molecule has 1 heterocycles. The van der Waals surface area contributed by atoms with Gasteiger partial charge < -0.3 is 10.0 Å². The fourth-order valence-corrected chi connectivity index (χ4v) is 4.44. The molecule has 0 saturated carbocycles. The predicted octanol–water partition coefficient (Wildman–Crippen LogP) is 6.02. The Bertz CT molecular complexity index is 915. The summed E-state index contributed by atoms with van der Waals surface area (Å²) in [6, 6.07) is 15.5. The second-order valence-electron chi connectivity index (χ2n) is 9.66. The van der Waals surface area contributed by atoms with Gasteiger partial charge in [-0.05, 0) is 63.9 Å². The number of alkyl halides is 3. The van der Waals surface area contributed by atoms with Crippen molar-refractivity contribution in [2.45, 2.75) is 57.3 Å². The first kappa shape index (κ1) is 24.1. The number of likely N-dealkylation sites (tertiary alicyclic amines) is 1. The van der Waals surface area contributed by atoms with E-state index in [1.807, 2.05) is 39.0 Å². The largest absolute Gasteiger partial charge is 0.465 e. The van der Waals surface area contributed by atoms with E-state index < -0.39 is 28.8 Å². The second-order valence-corrected chi connectivity index (χ2v) is 9.66. The maximum atomic E-state index is 13.4. The molecular formula is C25H31F3N2O2. The SMILES string of the molecule is CC(C)(C)N(CC1(c2cccc(C(F)(F)F)c2)CCN(Cc2ccccc2)CC1)C(=O)O. The molecule has 3 rings (SSSR count). The minimum atomic E-state index is -4.44. The maximum Gasteiger partial charge on any atom is 0.416 e. The van der Waals surface area contributed by atoms with E-state index in [0.717, 1.165) is 12.6 Å². The Hall–Kier alpha value is -2.54. The molecule has 0 atom stereocenters. The number of piperidine rings is 1. The second kappa shape index (κ2) is 9.14. The summed E-state index contributed by atoms with van der Waals surface area (Å²) in [4.78, 5) is 15.7. The molecule has 1 amide bonds. The smallest absolute Gasteiger partial charge is 0.416 e. The number of amides is 1. The van der Waals surface area contributed by atoms with Gasteiger partial charge in [0.15, 0.2) is 0 Å². The van der Waals surface area contributed by atoms with E-state index in [0.29, 0.717) is 31.5 Å². The number of benzene rings is 2. The van der Waals surface area contributed by atoms with Gasteiger partial charge in [0.1, 0.15) is 0 Å². The summed E-state index contributed by atoms with van der Waals surface area (Å²) in [5, 5.41) is 9.87. The standard InChI is InChI=1S/C25H31F3N2O2/c1-23(2,3)30(22(31)32)18-24(20-10-7-11-21(16-20)25(26,27)28)12-14-29(15-13-24)17-19-8-5-4-6-9-19/h4-11,16H,12-15,17-18H2,1-3H3,(H,31,32). The van der Waals surface area contributed by atoms with Crippen LogP contribution in [-0.2, 0) is 18.1 Å². The summed E-state index contributed by atoms with van der Waals surface area (Å²) in [5.41, 5.74) is -0.302. The molecule has 0 spiro atoms. The minimum absolute atomic E-state index is 0.159. The Balaban J connectivity index is 1.92. The Morgan fingerprint density at radius 2 is 1.66 bits per heavy atom. The molecule has 2 aromatic rings. The van der Waals surface area contributed by atoms with Crippen LogP contribution >= 0.6 is 0 Å². The zero-order valence-corrected chi connectivity index (χ0v) is 18.8. The van der Waals surface area contributed by atoms with E-state index in [4.69, 9.17) is 0 Å². The molecular weight excluding hydrogens is 417 g/mol. The Labute approximate surface area is 187 Å². The van der Waals surface area contributed by atoms with Gasteiger partial charge in [-0.1, -0.05) is 48.5 Å². The van der Waals surface area contributed by atoms with Crippen LogP contribution in [0.5, 0.6) is 0 Å². The van der Waals surface area contributed by atoms with E-state index in [-0.39, 0.29) is 6.54 Å². The van der Waals surface area contributed by atoms with E-state index >= 15 is 0 Å². The van der Waals surface area contributed by atoms with Crippen molar-refractivity contribution >= 4 is 6.09 Å². The number of rotatable bonds is 5. The van der Waals surface area contributed by atoms with Gasteiger partial charge in [0, 0.05) is 24.0 Å². The van der Waals surface area contributed by atoms with Gasteiger partial charge in [0.05, 0.1) is 5.56 Å². The van der Waals surface area contributed by atoms with Crippen LogP contribution in [0.25, 0.3) is 0 Å². The first-order valence-corrected chi connectivity index (χ1v) is 10.9. The van der Waals surface area contributed by atoms with Crippen molar-refractivity contribution in [1.29, 1.82) is 0 Å². The van der Waals surface area contributed by atoms with Gasteiger partial charge in [-0.3, -0.25) is 4.90 Å². The molecule has 1 N–H and O–H groups in total. The molecule has 0 bridgehead atoms.